The normalized spacial score (nSPS) is 11.2. The average Bonchev–Trinajstić information content (AvgIpc) is 2.52. The number of ether oxygens (including phenoxy) is 2. The van der Waals surface area contributed by atoms with E-state index in [2.05, 4.69) is 0 Å². The van der Waals surface area contributed by atoms with Crippen LogP contribution in [0.1, 0.15) is 15.9 Å². The number of methoxy groups -OCH3 is 2. The Balaban J connectivity index is 2.49. The molecule has 0 amide bonds. The maximum Gasteiger partial charge on any atom is 0.393 e. The van der Waals surface area contributed by atoms with Crippen molar-refractivity contribution in [3.63, 3.8) is 0 Å². The van der Waals surface area contributed by atoms with Gasteiger partial charge in [0.15, 0.2) is 6.29 Å². The molecule has 0 N–H and O–H groups in total. The number of carbonyl (C=O) groups is 1. The molecule has 6 heteroatoms. The largest absolute Gasteiger partial charge is 0.497 e. The smallest absolute Gasteiger partial charge is 0.393 e. The van der Waals surface area contributed by atoms with Crippen molar-refractivity contribution in [1.29, 1.82) is 0 Å². The molecule has 0 saturated heterocycles. The molecule has 0 aliphatic rings. The number of rotatable bonds is 5. The van der Waals surface area contributed by atoms with E-state index in [1.165, 1.54) is 32.4 Å². The summed E-state index contributed by atoms with van der Waals surface area (Å²) >= 11 is 0. The molecule has 2 rings (SSSR count). The van der Waals surface area contributed by atoms with Crippen LogP contribution < -0.4 is 9.47 Å². The van der Waals surface area contributed by atoms with Crippen LogP contribution in [-0.2, 0) is 6.42 Å². The summed E-state index contributed by atoms with van der Waals surface area (Å²) in [6.07, 6.45) is -4.85. The van der Waals surface area contributed by atoms with Gasteiger partial charge in [0, 0.05) is 17.2 Å². The lowest BCUT2D eigenvalue weighted by molar-refractivity contribution is -0.127. The van der Waals surface area contributed by atoms with Gasteiger partial charge in [0.05, 0.1) is 20.6 Å². The lowest BCUT2D eigenvalue weighted by Crippen LogP contribution is -2.11. The van der Waals surface area contributed by atoms with E-state index in [-0.39, 0.29) is 11.1 Å². The van der Waals surface area contributed by atoms with Crippen LogP contribution >= 0.6 is 0 Å². The molecule has 0 bridgehead atoms. The van der Waals surface area contributed by atoms with Crippen molar-refractivity contribution in [2.24, 2.45) is 0 Å². The topological polar surface area (TPSA) is 35.5 Å². The highest BCUT2D eigenvalue weighted by Gasteiger charge is 2.28. The molecule has 0 saturated carbocycles. The van der Waals surface area contributed by atoms with Crippen LogP contribution in [-0.4, -0.2) is 26.7 Å². The van der Waals surface area contributed by atoms with Crippen molar-refractivity contribution in [3.8, 4) is 22.6 Å². The molecule has 0 heterocycles. The van der Waals surface area contributed by atoms with E-state index < -0.39 is 12.6 Å². The minimum atomic E-state index is -4.32. The summed E-state index contributed by atoms with van der Waals surface area (Å²) in [5.41, 5.74) is 1.32. The molecular formula is C17H15F3O3. The standard InChI is InChI=1S/C17H15F3O3/c1-22-13-4-6-15(16(8-13)23-2)14-5-3-11(7-12(14)10-21)9-17(18,19)20/h3-8,10H,9H2,1-2H3. The van der Waals surface area contributed by atoms with Crippen LogP contribution in [0.4, 0.5) is 13.2 Å². The predicted molar refractivity (Wildman–Crippen MR) is 80.1 cm³/mol. The summed E-state index contributed by atoms with van der Waals surface area (Å²) in [5.74, 6) is 1.04. The maximum atomic E-state index is 12.5. The Hall–Kier alpha value is -2.50. The molecule has 0 radical (unpaired) electrons. The minimum Gasteiger partial charge on any atom is -0.497 e. The highest BCUT2D eigenvalue weighted by atomic mass is 19.4. The number of aldehydes is 1. The molecule has 0 aliphatic heterocycles. The van der Waals surface area contributed by atoms with Crippen LogP contribution in [0.2, 0.25) is 0 Å². The van der Waals surface area contributed by atoms with E-state index in [4.69, 9.17) is 9.47 Å². The Kier molecular flexibility index (Phi) is 4.93. The third-order valence-electron chi connectivity index (χ3n) is 3.35. The highest BCUT2D eigenvalue weighted by Crippen LogP contribution is 2.35. The lowest BCUT2D eigenvalue weighted by Gasteiger charge is -2.14. The van der Waals surface area contributed by atoms with Crippen molar-refractivity contribution in [2.45, 2.75) is 12.6 Å². The quantitative estimate of drug-likeness (QED) is 0.770. The first kappa shape index (κ1) is 16.9. The van der Waals surface area contributed by atoms with Crippen molar-refractivity contribution in [3.05, 3.63) is 47.5 Å². The molecule has 23 heavy (non-hydrogen) atoms. The summed E-state index contributed by atoms with van der Waals surface area (Å²) in [7, 11) is 2.98. The number of hydrogen-bond donors (Lipinski definition) is 0. The molecule has 0 atom stereocenters. The molecule has 2 aromatic rings. The van der Waals surface area contributed by atoms with Crippen LogP contribution in [0.15, 0.2) is 36.4 Å². The van der Waals surface area contributed by atoms with Crippen LogP contribution in [0.25, 0.3) is 11.1 Å². The highest BCUT2D eigenvalue weighted by molar-refractivity contribution is 5.89. The number of benzene rings is 2. The third-order valence-corrected chi connectivity index (χ3v) is 3.35. The van der Waals surface area contributed by atoms with Crippen LogP contribution in [0.5, 0.6) is 11.5 Å². The summed E-state index contributed by atoms with van der Waals surface area (Å²) in [6.45, 7) is 0. The zero-order valence-electron chi connectivity index (χ0n) is 12.6. The van der Waals surface area contributed by atoms with Gasteiger partial charge in [0.25, 0.3) is 0 Å². The monoisotopic (exact) mass is 324 g/mol. The van der Waals surface area contributed by atoms with E-state index in [0.29, 0.717) is 28.9 Å². The van der Waals surface area contributed by atoms with Gasteiger partial charge in [-0.2, -0.15) is 13.2 Å². The Morgan fingerprint density at radius 1 is 1.00 bits per heavy atom. The zero-order valence-corrected chi connectivity index (χ0v) is 12.6. The van der Waals surface area contributed by atoms with E-state index in [0.717, 1.165) is 0 Å². The second kappa shape index (κ2) is 6.73. The predicted octanol–water partition coefficient (Wildman–Crippen LogP) is 4.29. The van der Waals surface area contributed by atoms with Crippen LogP contribution in [0.3, 0.4) is 0 Å². The summed E-state index contributed by atoms with van der Waals surface area (Å²) in [6, 6.07) is 9.14. The van der Waals surface area contributed by atoms with Crippen molar-refractivity contribution in [1.82, 2.24) is 0 Å². The Morgan fingerprint density at radius 2 is 1.70 bits per heavy atom. The average molecular weight is 324 g/mol. The first-order chi connectivity index (χ1) is 10.9. The van der Waals surface area contributed by atoms with Gasteiger partial charge < -0.3 is 9.47 Å². The SMILES string of the molecule is COc1ccc(-c2ccc(CC(F)(F)F)cc2C=O)c(OC)c1. The molecular weight excluding hydrogens is 309 g/mol. The Morgan fingerprint density at radius 3 is 2.26 bits per heavy atom. The first-order valence-corrected chi connectivity index (χ1v) is 6.75. The van der Waals surface area contributed by atoms with Gasteiger partial charge in [-0.05, 0) is 29.3 Å². The number of hydrogen-bond acceptors (Lipinski definition) is 3. The van der Waals surface area contributed by atoms with Crippen molar-refractivity contribution >= 4 is 6.29 Å². The van der Waals surface area contributed by atoms with Gasteiger partial charge in [-0.15, -0.1) is 0 Å². The lowest BCUT2D eigenvalue weighted by atomic mass is 9.96. The fourth-order valence-corrected chi connectivity index (χ4v) is 2.32. The molecule has 0 unspecified atom stereocenters. The fraction of sp³-hybridized carbons (Fsp3) is 0.235. The van der Waals surface area contributed by atoms with Gasteiger partial charge in [0.1, 0.15) is 11.5 Å². The van der Waals surface area contributed by atoms with Crippen molar-refractivity contribution in [2.75, 3.05) is 14.2 Å². The molecule has 2 aromatic carbocycles. The second-order valence-electron chi connectivity index (χ2n) is 4.90. The molecule has 0 spiro atoms. The second-order valence-corrected chi connectivity index (χ2v) is 4.90. The first-order valence-electron chi connectivity index (χ1n) is 6.75. The summed E-state index contributed by atoms with van der Waals surface area (Å²) in [4.78, 5) is 11.3. The van der Waals surface area contributed by atoms with Crippen LogP contribution in [0, 0.1) is 0 Å². The van der Waals surface area contributed by atoms with E-state index in [1.807, 2.05) is 0 Å². The van der Waals surface area contributed by atoms with Gasteiger partial charge in [-0.3, -0.25) is 4.79 Å². The van der Waals surface area contributed by atoms with Gasteiger partial charge in [-0.25, -0.2) is 0 Å². The number of halogens is 3. The Bertz CT molecular complexity index is 709. The molecule has 0 aromatic heterocycles. The summed E-state index contributed by atoms with van der Waals surface area (Å²) < 4.78 is 47.8. The molecule has 3 nitrogen and oxygen atoms in total. The Labute approximate surface area is 131 Å². The van der Waals surface area contributed by atoms with Crippen molar-refractivity contribution < 1.29 is 27.4 Å². The van der Waals surface area contributed by atoms with E-state index in [1.54, 1.807) is 18.2 Å². The molecule has 0 fully saturated rings. The van der Waals surface area contributed by atoms with Gasteiger partial charge >= 0.3 is 6.18 Å². The third kappa shape index (κ3) is 4.03. The van der Waals surface area contributed by atoms with E-state index in [9.17, 15) is 18.0 Å². The minimum absolute atomic E-state index is 0.0378. The van der Waals surface area contributed by atoms with Gasteiger partial charge in [0.2, 0.25) is 0 Å². The number of alkyl halides is 3. The molecule has 122 valence electrons. The zero-order chi connectivity index (χ0) is 17.0. The van der Waals surface area contributed by atoms with Gasteiger partial charge in [-0.1, -0.05) is 12.1 Å². The maximum absolute atomic E-state index is 12.5. The van der Waals surface area contributed by atoms with E-state index >= 15 is 0 Å². The fourth-order valence-electron chi connectivity index (χ4n) is 2.32. The summed E-state index contributed by atoms with van der Waals surface area (Å²) in [5, 5.41) is 0. The molecule has 0 aliphatic carbocycles. The number of carbonyl (C=O) groups excluding carboxylic acids is 1.